The van der Waals surface area contributed by atoms with E-state index in [1.807, 2.05) is 0 Å². The molecule has 0 atom stereocenters. The third kappa shape index (κ3) is 2.11. The van der Waals surface area contributed by atoms with Crippen LogP contribution >= 0.6 is 0 Å². The molecule has 0 radical (unpaired) electrons. The molecule has 0 saturated carbocycles. The molecule has 0 saturated heterocycles. The molecule has 44 valence electrons. The van der Waals surface area contributed by atoms with E-state index < -0.39 is 0 Å². The maximum absolute atomic E-state index is 3.11. The van der Waals surface area contributed by atoms with Crippen molar-refractivity contribution < 1.29 is 0 Å². The summed E-state index contributed by atoms with van der Waals surface area (Å²) in [6.07, 6.45) is 0. The molecule has 1 heterocycles. The van der Waals surface area contributed by atoms with Gasteiger partial charge in [-0.05, 0) is 0 Å². The molecule has 1 rings (SSSR count). The van der Waals surface area contributed by atoms with Crippen LogP contribution in [0.1, 0.15) is 0 Å². The SMILES string of the molecule is [Se]=c1[se]c([SeH])c([SeH])[se]1. The van der Waals surface area contributed by atoms with Crippen LogP contribution in [-0.2, 0) is 0 Å². The van der Waals surface area contributed by atoms with E-state index in [1.165, 1.54) is 0 Å². The summed E-state index contributed by atoms with van der Waals surface area (Å²) in [4.78, 5) is 0. The molecule has 0 unspecified atom stereocenters. The zero-order chi connectivity index (χ0) is 6.15. The Labute approximate surface area is 83.9 Å². The van der Waals surface area contributed by atoms with Crippen molar-refractivity contribution in [3.8, 4) is 0 Å². The second-order valence-electron chi connectivity index (χ2n) is 1.06. The average molecular weight is 433 g/mol. The topological polar surface area (TPSA) is 0 Å². The molecular weight excluding hydrogens is 431 g/mol. The van der Waals surface area contributed by atoms with Crippen LogP contribution < -0.4 is 6.67 Å². The van der Waals surface area contributed by atoms with E-state index in [4.69, 9.17) is 0 Å². The Balaban J connectivity index is 3.35. The van der Waals surface area contributed by atoms with Gasteiger partial charge in [0.25, 0.3) is 0 Å². The first kappa shape index (κ1) is 8.31. The summed E-state index contributed by atoms with van der Waals surface area (Å²) < 4.78 is 4.70. The first-order chi connectivity index (χ1) is 3.70. The first-order valence-electron chi connectivity index (χ1n) is 1.72. The van der Waals surface area contributed by atoms with Gasteiger partial charge in [0.15, 0.2) is 0 Å². The van der Waals surface area contributed by atoms with E-state index in [0.29, 0.717) is 29.0 Å². The van der Waals surface area contributed by atoms with E-state index in [-0.39, 0.29) is 0 Å². The Morgan fingerprint density at radius 1 is 1.12 bits per heavy atom. The quantitative estimate of drug-likeness (QED) is 0.374. The Bertz CT molecular complexity index is 208. The molecule has 5 heteroatoms. The van der Waals surface area contributed by atoms with Gasteiger partial charge in [-0.3, -0.25) is 0 Å². The summed E-state index contributed by atoms with van der Waals surface area (Å²) in [6, 6.07) is 0. The zero-order valence-corrected chi connectivity index (χ0v) is 12.5. The van der Waals surface area contributed by atoms with Crippen molar-refractivity contribution in [3.63, 3.8) is 0 Å². The third-order valence-corrected chi connectivity index (χ3v) is 12.4. The molecule has 0 spiro atoms. The zero-order valence-electron chi connectivity index (χ0n) is 3.62. The van der Waals surface area contributed by atoms with Crippen molar-refractivity contribution in [2.75, 3.05) is 0 Å². The standard InChI is InChI=1S/C3H2Se5/c4-1-2(5)8-3(6)7-1/h4-5H. The Hall–Kier alpha value is 2.21. The fraction of sp³-hybridized carbons (Fsp3) is 0. The molecule has 1 aromatic heterocycles. The Morgan fingerprint density at radius 3 is 1.62 bits per heavy atom. The Morgan fingerprint density at radius 2 is 1.50 bits per heavy atom. The number of rotatable bonds is 0. The average Bonchev–Trinajstić information content (AvgIpc) is 1.85. The summed E-state index contributed by atoms with van der Waals surface area (Å²) in [7, 11) is 0. The van der Waals surface area contributed by atoms with Crippen LogP contribution in [0.25, 0.3) is 0 Å². The van der Waals surface area contributed by atoms with Gasteiger partial charge >= 0.3 is 85.1 Å². The van der Waals surface area contributed by atoms with E-state index in [1.54, 1.807) is 8.48 Å². The molecule has 1 aromatic rings. The van der Waals surface area contributed by atoms with Crippen molar-refractivity contribution in [2.45, 2.75) is 0 Å². The van der Waals surface area contributed by atoms with Crippen molar-refractivity contribution in [3.05, 3.63) is 1.81 Å². The molecule has 0 aromatic carbocycles. The van der Waals surface area contributed by atoms with Crippen molar-refractivity contribution in [1.29, 1.82) is 0 Å². The molecule has 0 N–H and O–H groups in total. The van der Waals surface area contributed by atoms with E-state index in [9.17, 15) is 0 Å². The maximum atomic E-state index is 3.11. The predicted octanol–water partition coefficient (Wildman–Crippen LogP) is -3.45. The molecule has 0 nitrogen and oxygen atoms in total. The molecule has 0 aliphatic carbocycles. The van der Waals surface area contributed by atoms with E-state index in [2.05, 4.69) is 47.6 Å². The predicted molar refractivity (Wildman–Crippen MR) is 42.9 cm³/mol. The van der Waals surface area contributed by atoms with Crippen LogP contribution in [-0.4, -0.2) is 76.6 Å². The van der Waals surface area contributed by atoms with Crippen LogP contribution in [0.5, 0.6) is 0 Å². The van der Waals surface area contributed by atoms with Gasteiger partial charge < -0.3 is 0 Å². The van der Waals surface area contributed by atoms with Crippen LogP contribution in [0, 0.1) is 1.81 Å². The summed E-state index contributed by atoms with van der Waals surface area (Å²) in [6.45, 7) is 0. The van der Waals surface area contributed by atoms with Crippen LogP contribution in [0.4, 0.5) is 0 Å². The molecule has 0 amide bonds. The van der Waals surface area contributed by atoms with Gasteiger partial charge in [0, 0.05) is 0 Å². The van der Waals surface area contributed by atoms with Gasteiger partial charge in [-0.2, -0.15) is 0 Å². The van der Waals surface area contributed by atoms with Crippen LogP contribution in [0.3, 0.4) is 0 Å². The fourth-order valence-electron chi connectivity index (χ4n) is 0.266. The van der Waals surface area contributed by atoms with Gasteiger partial charge in [0.1, 0.15) is 0 Å². The summed E-state index contributed by atoms with van der Waals surface area (Å²) in [5.74, 6) is 0. The first-order valence-corrected chi connectivity index (χ1v) is 7.88. The van der Waals surface area contributed by atoms with Gasteiger partial charge in [0.05, 0.1) is 0 Å². The number of hydrogen-bond acceptors (Lipinski definition) is 0. The summed E-state index contributed by atoms with van der Waals surface area (Å²) >= 11 is 9.80. The van der Waals surface area contributed by atoms with Gasteiger partial charge in [-0.15, -0.1) is 0 Å². The summed E-state index contributed by atoms with van der Waals surface area (Å²) in [5, 5.41) is 0. The van der Waals surface area contributed by atoms with Gasteiger partial charge in [-0.1, -0.05) is 0 Å². The van der Waals surface area contributed by atoms with Crippen molar-refractivity contribution >= 4 is 83.3 Å². The normalized spacial score (nSPS) is 9.75. The second kappa shape index (κ2) is 3.56. The molecule has 0 aliphatic heterocycles. The van der Waals surface area contributed by atoms with E-state index >= 15 is 0 Å². The van der Waals surface area contributed by atoms with Crippen molar-refractivity contribution in [1.82, 2.24) is 0 Å². The van der Waals surface area contributed by atoms with Crippen LogP contribution in [0.2, 0.25) is 0 Å². The number of hydrogen-bond donors (Lipinski definition) is 0. The Kier molecular flexibility index (Phi) is 3.69. The molecule has 0 bridgehead atoms. The van der Waals surface area contributed by atoms with E-state index in [0.717, 1.165) is 0 Å². The second-order valence-corrected chi connectivity index (χ2v) is 15.0. The molecule has 8 heavy (non-hydrogen) atoms. The molecule has 0 fully saturated rings. The third-order valence-electron chi connectivity index (χ3n) is 0.543. The summed E-state index contributed by atoms with van der Waals surface area (Å²) in [5.41, 5.74) is 0. The minimum atomic E-state index is 0.683. The van der Waals surface area contributed by atoms with Gasteiger partial charge in [-0.25, -0.2) is 0 Å². The minimum absolute atomic E-state index is 0.683. The molecular formula is C3H2Se5. The fourth-order valence-corrected chi connectivity index (χ4v) is 15.6. The molecule has 0 aliphatic rings. The van der Waals surface area contributed by atoms with Gasteiger partial charge in [0.2, 0.25) is 0 Å². The monoisotopic (exact) mass is 438 g/mol. The van der Waals surface area contributed by atoms with Crippen LogP contribution in [0.15, 0.2) is 0 Å². The van der Waals surface area contributed by atoms with Crippen molar-refractivity contribution in [2.24, 2.45) is 0 Å².